The summed E-state index contributed by atoms with van der Waals surface area (Å²) < 4.78 is 5.83. The summed E-state index contributed by atoms with van der Waals surface area (Å²) in [5.41, 5.74) is 2.39. The molecule has 0 amide bonds. The van der Waals surface area contributed by atoms with E-state index in [1.807, 2.05) is 31.2 Å². The summed E-state index contributed by atoms with van der Waals surface area (Å²) in [5.74, 6) is 1.28. The highest BCUT2D eigenvalue weighted by Crippen LogP contribution is 2.20. The monoisotopic (exact) mass is 444 g/mol. The molecule has 1 aromatic heterocycles. The zero-order valence-corrected chi connectivity index (χ0v) is 19.5. The summed E-state index contributed by atoms with van der Waals surface area (Å²) in [4.78, 5) is 33.2. The molecule has 2 aromatic carbocycles. The molecule has 0 bridgehead atoms. The van der Waals surface area contributed by atoms with Gasteiger partial charge in [-0.15, -0.1) is 0 Å². The predicted octanol–water partition coefficient (Wildman–Crippen LogP) is 6.71. The van der Waals surface area contributed by atoms with Crippen molar-refractivity contribution in [1.29, 1.82) is 0 Å². The van der Waals surface area contributed by atoms with Crippen LogP contribution in [0.4, 0.5) is 0 Å². The topological polar surface area (TPSA) is 69.2 Å². The first-order chi connectivity index (χ1) is 16.1. The molecule has 33 heavy (non-hydrogen) atoms. The van der Waals surface area contributed by atoms with E-state index in [1.54, 1.807) is 36.7 Å². The maximum absolute atomic E-state index is 12.7. The van der Waals surface area contributed by atoms with Crippen molar-refractivity contribution in [3.8, 4) is 17.1 Å². The zero-order chi connectivity index (χ0) is 23.5. The predicted molar refractivity (Wildman–Crippen MR) is 131 cm³/mol. The number of Topliss-reactive ketones (excluding diaryl/α,β-unsaturated/α-hetero) is 1. The van der Waals surface area contributed by atoms with Crippen LogP contribution < -0.4 is 4.74 Å². The highest BCUT2D eigenvalue weighted by Gasteiger charge is 2.12. The minimum absolute atomic E-state index is 0.0560. The maximum Gasteiger partial charge on any atom is 0.196 e. The van der Waals surface area contributed by atoms with Gasteiger partial charge in [-0.25, -0.2) is 9.97 Å². The van der Waals surface area contributed by atoms with E-state index >= 15 is 0 Å². The lowest BCUT2D eigenvalue weighted by Gasteiger charge is -2.07. The second kappa shape index (κ2) is 12.6. The van der Waals surface area contributed by atoms with Crippen molar-refractivity contribution >= 4 is 11.6 Å². The molecule has 0 N–H and O–H groups in total. The molecule has 5 nitrogen and oxygen atoms in total. The van der Waals surface area contributed by atoms with Gasteiger partial charge in [-0.2, -0.15) is 0 Å². The number of aromatic nitrogens is 2. The van der Waals surface area contributed by atoms with Crippen molar-refractivity contribution in [3.63, 3.8) is 0 Å². The van der Waals surface area contributed by atoms with Crippen molar-refractivity contribution < 1.29 is 14.3 Å². The fraction of sp³-hybridized carbons (Fsp3) is 0.357. The fourth-order valence-electron chi connectivity index (χ4n) is 3.55. The third kappa shape index (κ3) is 7.07. The lowest BCUT2D eigenvalue weighted by atomic mass is 10.0. The number of carbonyl (C=O) groups excluding carboxylic acids is 2. The Bertz CT molecular complexity index is 1030. The molecule has 1 heterocycles. The average molecular weight is 445 g/mol. The Kier molecular flexibility index (Phi) is 9.31. The molecule has 0 saturated heterocycles. The van der Waals surface area contributed by atoms with Gasteiger partial charge in [0.25, 0.3) is 0 Å². The van der Waals surface area contributed by atoms with Crippen LogP contribution in [-0.4, -0.2) is 28.1 Å². The van der Waals surface area contributed by atoms with Gasteiger partial charge in [-0.1, -0.05) is 70.2 Å². The molecule has 0 unspecified atom stereocenters. The van der Waals surface area contributed by atoms with E-state index in [2.05, 4.69) is 16.9 Å². The Labute approximate surface area is 196 Å². The summed E-state index contributed by atoms with van der Waals surface area (Å²) >= 11 is 0. The van der Waals surface area contributed by atoms with Crippen LogP contribution in [0.15, 0.2) is 60.9 Å². The van der Waals surface area contributed by atoms with Crippen molar-refractivity contribution in [2.24, 2.45) is 0 Å². The van der Waals surface area contributed by atoms with Crippen LogP contribution in [0, 0.1) is 0 Å². The summed E-state index contributed by atoms with van der Waals surface area (Å²) in [5, 5.41) is 0. The summed E-state index contributed by atoms with van der Waals surface area (Å²) in [7, 11) is 0. The fourth-order valence-corrected chi connectivity index (χ4v) is 3.55. The number of unbranched alkanes of at least 4 members (excludes halogenated alkanes) is 5. The number of ether oxygens (including phenoxy) is 1. The molecule has 0 spiro atoms. The molecule has 0 saturated carbocycles. The number of hydrogen-bond acceptors (Lipinski definition) is 5. The number of carbonyl (C=O) groups is 2. The van der Waals surface area contributed by atoms with E-state index in [-0.39, 0.29) is 11.6 Å². The van der Waals surface area contributed by atoms with Crippen molar-refractivity contribution in [1.82, 2.24) is 9.97 Å². The number of nitrogens with zero attached hydrogens (tertiary/aromatic N) is 2. The molecular weight excluding hydrogens is 412 g/mol. The molecule has 0 aliphatic carbocycles. The van der Waals surface area contributed by atoms with E-state index < -0.39 is 0 Å². The van der Waals surface area contributed by atoms with E-state index in [0.717, 1.165) is 24.3 Å². The summed E-state index contributed by atoms with van der Waals surface area (Å²) in [6, 6.07) is 14.4. The van der Waals surface area contributed by atoms with Gasteiger partial charge >= 0.3 is 0 Å². The van der Waals surface area contributed by atoms with Gasteiger partial charge < -0.3 is 4.74 Å². The first-order valence-electron chi connectivity index (χ1n) is 11.9. The number of rotatable bonds is 13. The molecule has 0 aliphatic heterocycles. The molecular formula is C28H32N2O3. The van der Waals surface area contributed by atoms with Gasteiger partial charge in [0, 0.05) is 35.5 Å². The molecule has 3 aromatic rings. The van der Waals surface area contributed by atoms with E-state index in [4.69, 9.17) is 4.74 Å². The van der Waals surface area contributed by atoms with E-state index in [1.165, 1.54) is 32.1 Å². The van der Waals surface area contributed by atoms with Crippen LogP contribution in [0.25, 0.3) is 11.4 Å². The molecule has 172 valence electrons. The third-order valence-corrected chi connectivity index (χ3v) is 5.58. The molecule has 0 fully saturated rings. The second-order valence-electron chi connectivity index (χ2n) is 8.12. The summed E-state index contributed by atoms with van der Waals surface area (Å²) in [6.45, 7) is 4.77. The van der Waals surface area contributed by atoms with Gasteiger partial charge in [-0.3, -0.25) is 9.59 Å². The Hall–Kier alpha value is -3.34. The number of benzene rings is 2. The first kappa shape index (κ1) is 24.3. The SMILES string of the molecule is CCCCCCCCOc1ccc(-c2ncc(C(=O)c3ccc(C(=O)CC)cc3)cn2)cc1. The number of ketones is 2. The Morgan fingerprint density at radius 1 is 0.727 bits per heavy atom. The first-order valence-corrected chi connectivity index (χ1v) is 11.9. The lowest BCUT2D eigenvalue weighted by Crippen LogP contribution is -2.04. The van der Waals surface area contributed by atoms with Crippen LogP contribution in [0.2, 0.25) is 0 Å². The normalized spacial score (nSPS) is 10.7. The lowest BCUT2D eigenvalue weighted by molar-refractivity contribution is 0.0985. The van der Waals surface area contributed by atoms with Gasteiger partial charge in [0.1, 0.15) is 5.75 Å². The van der Waals surface area contributed by atoms with Crippen LogP contribution in [0.5, 0.6) is 5.75 Å². The molecule has 0 aliphatic rings. The summed E-state index contributed by atoms with van der Waals surface area (Å²) in [6.07, 6.45) is 11.0. The average Bonchev–Trinajstić information content (AvgIpc) is 2.88. The largest absolute Gasteiger partial charge is 0.494 e. The maximum atomic E-state index is 12.7. The van der Waals surface area contributed by atoms with Crippen molar-refractivity contribution in [2.45, 2.75) is 58.8 Å². The van der Waals surface area contributed by atoms with Gasteiger partial charge in [0.15, 0.2) is 17.4 Å². The van der Waals surface area contributed by atoms with Crippen LogP contribution in [0.3, 0.4) is 0 Å². The van der Waals surface area contributed by atoms with E-state index in [9.17, 15) is 9.59 Å². The molecule has 3 rings (SSSR count). The van der Waals surface area contributed by atoms with Gasteiger partial charge in [0.05, 0.1) is 12.2 Å². The smallest absolute Gasteiger partial charge is 0.196 e. The zero-order valence-electron chi connectivity index (χ0n) is 19.5. The third-order valence-electron chi connectivity index (χ3n) is 5.58. The quantitative estimate of drug-likeness (QED) is 0.216. The second-order valence-corrected chi connectivity index (χ2v) is 8.12. The van der Waals surface area contributed by atoms with Gasteiger partial charge in [-0.05, 0) is 30.7 Å². The molecule has 0 radical (unpaired) electrons. The van der Waals surface area contributed by atoms with Crippen molar-refractivity contribution in [3.05, 3.63) is 77.6 Å². The highest BCUT2D eigenvalue weighted by atomic mass is 16.5. The van der Waals surface area contributed by atoms with Crippen LogP contribution >= 0.6 is 0 Å². The molecule has 0 atom stereocenters. The minimum atomic E-state index is -0.171. The number of hydrogen-bond donors (Lipinski definition) is 0. The Morgan fingerprint density at radius 2 is 1.33 bits per heavy atom. The van der Waals surface area contributed by atoms with Gasteiger partial charge in [0.2, 0.25) is 0 Å². The standard InChI is InChI=1S/C28H32N2O3/c1-3-5-6-7-8-9-18-33-25-16-14-23(15-17-25)28-29-19-24(20-30-28)27(32)22-12-10-21(11-13-22)26(31)4-2/h10-17,19-20H,3-9,18H2,1-2H3. The Morgan fingerprint density at radius 3 is 1.97 bits per heavy atom. The molecule has 5 heteroatoms. The van der Waals surface area contributed by atoms with Crippen molar-refractivity contribution in [2.75, 3.05) is 6.61 Å². The van der Waals surface area contributed by atoms with Crippen LogP contribution in [0.1, 0.15) is 85.1 Å². The van der Waals surface area contributed by atoms with Crippen LogP contribution in [-0.2, 0) is 0 Å². The van der Waals surface area contributed by atoms with E-state index in [0.29, 0.717) is 28.9 Å². The Balaban J connectivity index is 1.54. The minimum Gasteiger partial charge on any atom is -0.494 e. The highest BCUT2D eigenvalue weighted by molar-refractivity contribution is 6.09.